The second-order valence-electron chi connectivity index (χ2n) is 17.6. The van der Waals surface area contributed by atoms with Crippen molar-refractivity contribution < 1.29 is 84.1 Å². The Balaban J connectivity index is 1.51. The maximum absolute atomic E-state index is 14.7. The first kappa shape index (κ1) is 53.2. The number of carbonyl (C=O) groups is 2. The van der Waals surface area contributed by atoms with E-state index in [1.165, 1.54) is 41.1 Å². The molecule has 0 radical (unpaired) electrons. The van der Waals surface area contributed by atoms with Gasteiger partial charge in [0.2, 0.25) is 12.1 Å². The summed E-state index contributed by atoms with van der Waals surface area (Å²) >= 11 is 0. The van der Waals surface area contributed by atoms with Crippen molar-refractivity contribution in [3.8, 4) is 0 Å². The van der Waals surface area contributed by atoms with Gasteiger partial charge in [0.25, 0.3) is 0 Å². The molecule has 67 heavy (non-hydrogen) atoms. The van der Waals surface area contributed by atoms with Crippen LogP contribution in [0.2, 0.25) is 0 Å². The fourth-order valence-electron chi connectivity index (χ4n) is 9.37. The van der Waals surface area contributed by atoms with E-state index < -0.39 is 92.0 Å². The first-order valence-electron chi connectivity index (χ1n) is 22.9. The molecule has 2 aliphatic carbocycles. The van der Waals surface area contributed by atoms with Gasteiger partial charge in [-0.15, -0.1) is 0 Å². The predicted molar refractivity (Wildman–Crippen MR) is 244 cm³/mol. The van der Waals surface area contributed by atoms with Crippen LogP contribution >= 0.6 is 21.6 Å². The third-order valence-corrected chi connectivity index (χ3v) is 15.8. The molecule has 1 saturated heterocycles. The van der Waals surface area contributed by atoms with Crippen LogP contribution in [0.5, 0.6) is 0 Å². The second kappa shape index (κ2) is 25.1. The SMILES string of the molecule is CN[C@@H](CO)O[C@H]1[C@H](O[C@@H]2OC=C3C(=O)O[C@@H]4CC[C@@H](CO)[C@H]4CSSC[C@H](CO)[NH+]4C=C(C(=O)O)C(NC(N)=NCCCO)=C(/C=C/[C@H]3[C@H]2C=C2CCCCC2)C4)O[C@H](CO)[C@@H](O)C1(O)O. The lowest BCUT2D eigenvalue weighted by molar-refractivity contribution is -0.867. The fourth-order valence-corrected chi connectivity index (χ4v) is 12.2. The van der Waals surface area contributed by atoms with Gasteiger partial charge in [0, 0.05) is 42.9 Å². The van der Waals surface area contributed by atoms with Crippen molar-refractivity contribution >= 4 is 39.5 Å². The quantitative estimate of drug-likeness (QED) is 0.0156. The summed E-state index contributed by atoms with van der Waals surface area (Å²) in [7, 11) is 4.47. The van der Waals surface area contributed by atoms with Crippen molar-refractivity contribution in [2.45, 2.75) is 106 Å². The van der Waals surface area contributed by atoms with E-state index in [-0.39, 0.29) is 67.5 Å². The number of hydrogen-bond donors (Lipinski definition) is 13. The van der Waals surface area contributed by atoms with Crippen LogP contribution in [-0.4, -0.2) is 184 Å². The molecule has 1 unspecified atom stereocenters. The van der Waals surface area contributed by atoms with E-state index in [1.54, 1.807) is 12.2 Å². The fraction of sp³-hybridized carbons (Fsp3) is 0.705. The smallest absolute Gasteiger partial charge is 0.343 e. The van der Waals surface area contributed by atoms with Crippen LogP contribution in [0.4, 0.5) is 0 Å². The van der Waals surface area contributed by atoms with E-state index in [0.717, 1.165) is 24.8 Å². The summed E-state index contributed by atoms with van der Waals surface area (Å²) in [6.07, 6.45) is 3.27. The molecule has 13 atom stereocenters. The largest absolute Gasteiger partial charge is 0.477 e. The molecule has 2 bridgehead atoms. The minimum absolute atomic E-state index is 0.0757. The van der Waals surface area contributed by atoms with Crippen LogP contribution in [0.1, 0.15) is 51.4 Å². The molecular formula is C44H68N5O16S2+. The maximum atomic E-state index is 14.7. The van der Waals surface area contributed by atoms with Crippen molar-refractivity contribution in [2.24, 2.45) is 34.4 Å². The number of likely N-dealkylation sites (N-methyl/N-ethyl adjacent to an activating group) is 1. The number of carbonyl (C=O) groups excluding carboxylic acids is 1. The lowest BCUT2D eigenvalue weighted by Gasteiger charge is -2.48. The van der Waals surface area contributed by atoms with Crippen LogP contribution in [0.3, 0.4) is 0 Å². The average molecular weight is 987 g/mol. The van der Waals surface area contributed by atoms with Gasteiger partial charge in [-0.2, -0.15) is 0 Å². The van der Waals surface area contributed by atoms with Crippen molar-refractivity contribution in [1.82, 2.24) is 10.6 Å². The van der Waals surface area contributed by atoms with Gasteiger partial charge in [0.05, 0.1) is 49.0 Å². The lowest BCUT2D eigenvalue weighted by atomic mass is 9.80. The molecule has 4 aliphatic heterocycles. The van der Waals surface area contributed by atoms with E-state index in [0.29, 0.717) is 54.1 Å². The summed E-state index contributed by atoms with van der Waals surface area (Å²) in [4.78, 5) is 32.7. The number of aliphatic hydroxyl groups excluding tert-OH is 6. The van der Waals surface area contributed by atoms with Crippen molar-refractivity contribution in [1.29, 1.82) is 0 Å². The Morgan fingerprint density at radius 2 is 1.84 bits per heavy atom. The summed E-state index contributed by atoms with van der Waals surface area (Å²) in [5.41, 5.74) is 7.79. The van der Waals surface area contributed by atoms with Gasteiger partial charge in [0.15, 0.2) is 18.4 Å². The van der Waals surface area contributed by atoms with Gasteiger partial charge in [0.1, 0.15) is 48.9 Å². The normalized spacial score (nSPS) is 35.0. The summed E-state index contributed by atoms with van der Waals surface area (Å²) < 4.78 is 30.9. The molecule has 23 heteroatoms. The number of carboxylic acids is 1. The number of nitrogens with zero attached hydrogens (tertiary/aromatic N) is 1. The zero-order valence-electron chi connectivity index (χ0n) is 37.6. The monoisotopic (exact) mass is 986 g/mol. The van der Waals surface area contributed by atoms with Gasteiger partial charge in [-0.1, -0.05) is 51.8 Å². The van der Waals surface area contributed by atoms with Crippen LogP contribution in [0, 0.1) is 23.7 Å². The number of esters is 1. The second-order valence-corrected chi connectivity index (χ2v) is 20.1. The molecule has 6 rings (SSSR count). The number of allylic oxidation sites excluding steroid dienone is 2. The predicted octanol–water partition coefficient (Wildman–Crippen LogP) is -2.30. The van der Waals surface area contributed by atoms with Crippen molar-refractivity contribution in [2.75, 3.05) is 64.7 Å². The Kier molecular flexibility index (Phi) is 20.0. The molecule has 0 aromatic rings. The van der Waals surface area contributed by atoms with Gasteiger partial charge in [-0.3, -0.25) is 15.2 Å². The molecule has 0 amide bonds. The topological polar surface area (TPSA) is 329 Å². The minimum atomic E-state index is -3.09. The van der Waals surface area contributed by atoms with E-state index in [1.807, 2.05) is 6.08 Å². The number of nitrogens with two attached hydrogens (primary N) is 1. The highest BCUT2D eigenvalue weighted by Crippen LogP contribution is 2.43. The molecule has 4 heterocycles. The minimum Gasteiger partial charge on any atom is -0.477 e. The number of nitrogens with one attached hydrogen (secondary N) is 3. The van der Waals surface area contributed by atoms with Crippen LogP contribution < -0.4 is 21.3 Å². The molecule has 14 N–H and O–H groups in total. The molecule has 3 fully saturated rings. The number of fused-ring (bicyclic) bond motifs is 4. The molecule has 0 aromatic carbocycles. The Hall–Kier alpha value is -3.11. The van der Waals surface area contributed by atoms with E-state index in [2.05, 4.69) is 15.6 Å². The summed E-state index contributed by atoms with van der Waals surface area (Å²) in [5, 5.41) is 100. The number of aliphatic hydroxyl groups is 8. The molecular weight excluding hydrogens is 919 g/mol. The standard InChI is InChI=1S/C44H67N5O16S2/c1-46-35(20-54)64-38-42(63-34(19-53)37(55)44(38,59)60)65-41-29(14-24-6-3-2-4-7-24)28-10-8-25-15-49(16-30(39(56)57)36(25)48-43(45)47-12-5-13-50)27(18-52)22-66-67-23-32-26(17-51)9-11-33(32)62-40(58)31(28)21-61-41/h8,10,14,16,21,26-29,32-35,37-38,41-42,46,50-55,59-60H,2-7,9,11-13,15,17-20,22-23H2,1H3,(H,56,57)(H3,45,47,48)/p+1/b10-8+/t26-,27-,28-,29+,32+,33+,34+,35+,37+,38-,41-,42-/m0/s1. The summed E-state index contributed by atoms with van der Waals surface area (Å²) in [6.45, 7) is -1.69. The number of ether oxygens (including phenoxy) is 5. The highest BCUT2D eigenvalue weighted by Gasteiger charge is 2.58. The Bertz CT molecular complexity index is 1870. The molecule has 0 spiro atoms. The average Bonchev–Trinajstić information content (AvgIpc) is 3.70. The molecule has 0 aromatic heterocycles. The highest BCUT2D eigenvalue weighted by atomic mass is 33.1. The summed E-state index contributed by atoms with van der Waals surface area (Å²) in [5.74, 6) is -6.43. The number of guanidine groups is 1. The van der Waals surface area contributed by atoms with Gasteiger partial charge < -0.3 is 80.7 Å². The zero-order chi connectivity index (χ0) is 48.3. The molecule has 2 saturated carbocycles. The van der Waals surface area contributed by atoms with Crippen molar-refractivity contribution in [3.63, 3.8) is 0 Å². The zero-order valence-corrected chi connectivity index (χ0v) is 39.2. The highest BCUT2D eigenvalue weighted by molar-refractivity contribution is 8.76. The first-order chi connectivity index (χ1) is 32.3. The number of quaternary nitrogens is 1. The van der Waals surface area contributed by atoms with Crippen LogP contribution in [0.15, 0.2) is 63.7 Å². The summed E-state index contributed by atoms with van der Waals surface area (Å²) in [6, 6.07) is -0.461. The van der Waals surface area contributed by atoms with Gasteiger partial charge in [-0.25, -0.2) is 9.59 Å². The third kappa shape index (κ3) is 13.0. The molecule has 21 nitrogen and oxygen atoms in total. The van der Waals surface area contributed by atoms with Gasteiger partial charge >= 0.3 is 11.9 Å². The van der Waals surface area contributed by atoms with Crippen LogP contribution in [-0.2, 0) is 33.3 Å². The van der Waals surface area contributed by atoms with Crippen molar-refractivity contribution in [3.05, 3.63) is 58.7 Å². The van der Waals surface area contributed by atoms with E-state index in [4.69, 9.17) is 29.4 Å². The molecule has 6 aliphatic rings. The Morgan fingerprint density at radius 1 is 1.07 bits per heavy atom. The number of aliphatic imine (C=N–C) groups is 1. The number of hydrogen-bond acceptors (Lipinski definition) is 19. The molecule has 376 valence electrons. The lowest BCUT2D eigenvalue weighted by Crippen LogP contribution is -3.13. The van der Waals surface area contributed by atoms with Gasteiger partial charge in [-0.05, 0) is 57.9 Å². The Morgan fingerprint density at radius 3 is 2.51 bits per heavy atom. The first-order valence-corrected chi connectivity index (χ1v) is 25.4. The number of rotatable bonds is 15. The van der Waals surface area contributed by atoms with E-state index in [9.17, 15) is 55.5 Å². The van der Waals surface area contributed by atoms with E-state index >= 15 is 0 Å². The Labute approximate surface area is 397 Å². The van der Waals surface area contributed by atoms with Crippen LogP contribution in [0.25, 0.3) is 0 Å². The third-order valence-electron chi connectivity index (χ3n) is 13.2. The number of carboxylic acid groups (broad SMARTS) is 1. The number of aliphatic carboxylic acids is 1. The maximum Gasteiger partial charge on any atom is 0.343 e.